The van der Waals surface area contributed by atoms with Crippen molar-refractivity contribution >= 4 is 16.0 Å². The molecule has 0 bridgehead atoms. The molecule has 0 fully saturated rings. The first-order valence-electron chi connectivity index (χ1n) is 9.46. The molecule has 32 heavy (non-hydrogen) atoms. The normalized spacial score (nSPS) is 11.3. The molecule has 1 heterocycles. The Hall–Kier alpha value is -3.95. The third-order valence-corrected chi connectivity index (χ3v) is 5.59. The molecule has 0 radical (unpaired) electrons. The molecule has 162 valence electrons. The molecule has 0 atom stereocenters. The zero-order valence-electron chi connectivity index (χ0n) is 16.6. The summed E-state index contributed by atoms with van der Waals surface area (Å²) in [6.07, 6.45) is 0. The number of aromatic nitrogens is 1. The topological polar surface area (TPSA) is 133 Å². The third kappa shape index (κ3) is 4.53. The van der Waals surface area contributed by atoms with Crippen LogP contribution in [-0.2, 0) is 16.6 Å². The van der Waals surface area contributed by atoms with Crippen LogP contribution in [0.4, 0.5) is 0 Å². The van der Waals surface area contributed by atoms with Crippen molar-refractivity contribution in [1.82, 2.24) is 4.98 Å². The molecular formula is C23H18N2O6S. The van der Waals surface area contributed by atoms with Crippen LogP contribution in [0.5, 0.6) is 5.75 Å². The quantitative estimate of drug-likeness (QED) is 0.436. The Bertz CT molecular complexity index is 1360. The van der Waals surface area contributed by atoms with Gasteiger partial charge in [-0.15, -0.1) is 0 Å². The van der Waals surface area contributed by atoms with E-state index < -0.39 is 16.0 Å². The van der Waals surface area contributed by atoms with Gasteiger partial charge in [0.1, 0.15) is 11.4 Å². The molecule has 3 aromatic carbocycles. The summed E-state index contributed by atoms with van der Waals surface area (Å²) in [4.78, 5) is 15.4. The Morgan fingerprint density at radius 2 is 1.62 bits per heavy atom. The highest BCUT2D eigenvalue weighted by Crippen LogP contribution is 2.36. The number of carbonyl (C=O) groups is 1. The SMILES string of the molecule is NS(=O)(=O)c1ccccc1-c1oc(COc2ccc(C(=O)O)cc2)nc1-c1ccccc1. The number of nitrogens with zero attached hydrogens (tertiary/aromatic N) is 1. The second kappa shape index (κ2) is 8.66. The molecule has 8 nitrogen and oxygen atoms in total. The summed E-state index contributed by atoms with van der Waals surface area (Å²) in [6.45, 7) is -0.0518. The van der Waals surface area contributed by atoms with Crippen molar-refractivity contribution in [2.45, 2.75) is 11.5 Å². The van der Waals surface area contributed by atoms with Crippen molar-refractivity contribution in [2.24, 2.45) is 5.14 Å². The van der Waals surface area contributed by atoms with Crippen molar-refractivity contribution < 1.29 is 27.5 Å². The minimum Gasteiger partial charge on any atom is -0.484 e. The van der Waals surface area contributed by atoms with Crippen molar-refractivity contribution in [3.05, 3.63) is 90.3 Å². The number of ether oxygens (including phenoxy) is 1. The summed E-state index contributed by atoms with van der Waals surface area (Å²) in [5.74, 6) is -0.137. The molecule has 0 saturated heterocycles. The zero-order chi connectivity index (χ0) is 22.7. The Labute approximate surface area is 184 Å². The maximum absolute atomic E-state index is 12.1. The lowest BCUT2D eigenvalue weighted by atomic mass is 10.1. The van der Waals surface area contributed by atoms with E-state index in [0.717, 1.165) is 5.56 Å². The Morgan fingerprint density at radius 3 is 2.28 bits per heavy atom. The molecule has 0 unspecified atom stereocenters. The lowest BCUT2D eigenvalue weighted by Gasteiger charge is -2.07. The minimum atomic E-state index is -4.00. The molecule has 4 aromatic rings. The number of oxazole rings is 1. The highest BCUT2D eigenvalue weighted by atomic mass is 32.2. The van der Waals surface area contributed by atoms with E-state index in [-0.39, 0.29) is 28.7 Å². The molecule has 3 N–H and O–H groups in total. The van der Waals surface area contributed by atoms with Crippen molar-refractivity contribution in [1.29, 1.82) is 0 Å². The zero-order valence-corrected chi connectivity index (χ0v) is 17.5. The Morgan fingerprint density at radius 1 is 0.969 bits per heavy atom. The predicted molar refractivity (Wildman–Crippen MR) is 116 cm³/mol. The summed E-state index contributed by atoms with van der Waals surface area (Å²) < 4.78 is 35.8. The average molecular weight is 450 g/mol. The van der Waals surface area contributed by atoms with Crippen LogP contribution in [0.2, 0.25) is 0 Å². The molecule has 0 spiro atoms. The summed E-state index contributed by atoms with van der Waals surface area (Å²) in [6, 6.07) is 21.4. The molecule has 9 heteroatoms. The van der Waals surface area contributed by atoms with Gasteiger partial charge in [-0.05, 0) is 36.4 Å². The van der Waals surface area contributed by atoms with Gasteiger partial charge in [-0.2, -0.15) is 0 Å². The maximum Gasteiger partial charge on any atom is 0.335 e. The van der Waals surface area contributed by atoms with Gasteiger partial charge >= 0.3 is 5.97 Å². The van der Waals surface area contributed by atoms with E-state index in [9.17, 15) is 13.2 Å². The van der Waals surface area contributed by atoms with E-state index in [2.05, 4.69) is 4.98 Å². The molecular weight excluding hydrogens is 432 g/mol. The smallest absolute Gasteiger partial charge is 0.335 e. The first-order chi connectivity index (χ1) is 15.3. The molecule has 4 rings (SSSR count). The van der Waals surface area contributed by atoms with Crippen LogP contribution in [0, 0.1) is 0 Å². The molecule has 0 amide bonds. The van der Waals surface area contributed by atoms with Crippen LogP contribution in [0.25, 0.3) is 22.6 Å². The van der Waals surface area contributed by atoms with Gasteiger partial charge in [0.15, 0.2) is 12.4 Å². The van der Waals surface area contributed by atoms with Gasteiger partial charge in [-0.25, -0.2) is 23.3 Å². The summed E-state index contributed by atoms with van der Waals surface area (Å²) >= 11 is 0. The minimum absolute atomic E-state index is 0.0518. The summed E-state index contributed by atoms with van der Waals surface area (Å²) in [5, 5.41) is 14.4. The van der Waals surface area contributed by atoms with Gasteiger partial charge in [0, 0.05) is 11.1 Å². The van der Waals surface area contributed by atoms with E-state index in [0.29, 0.717) is 17.0 Å². The van der Waals surface area contributed by atoms with Crippen LogP contribution in [0.3, 0.4) is 0 Å². The van der Waals surface area contributed by atoms with Gasteiger partial charge in [-0.1, -0.05) is 42.5 Å². The average Bonchev–Trinajstić information content (AvgIpc) is 3.22. The maximum atomic E-state index is 12.1. The van der Waals surface area contributed by atoms with Crippen molar-refractivity contribution in [3.63, 3.8) is 0 Å². The van der Waals surface area contributed by atoms with E-state index >= 15 is 0 Å². The second-order valence-corrected chi connectivity index (χ2v) is 8.34. The highest BCUT2D eigenvalue weighted by molar-refractivity contribution is 7.89. The van der Waals surface area contributed by atoms with Crippen LogP contribution < -0.4 is 9.88 Å². The number of rotatable bonds is 7. The van der Waals surface area contributed by atoms with Gasteiger partial charge < -0.3 is 14.3 Å². The molecule has 1 aromatic heterocycles. The first-order valence-corrected chi connectivity index (χ1v) is 11.0. The standard InChI is InChI=1S/C23H18N2O6S/c24-32(28,29)19-9-5-4-8-18(19)22-21(15-6-2-1-3-7-15)25-20(31-22)14-30-17-12-10-16(11-13-17)23(26)27/h1-13H,14H2,(H,26,27)(H2,24,28,29). The number of carboxylic acid groups (broad SMARTS) is 1. The first kappa shape index (κ1) is 21.3. The van der Waals surface area contributed by atoms with E-state index in [1.165, 1.54) is 30.3 Å². The number of aromatic carboxylic acids is 1. The predicted octanol–water partition coefficient (Wildman–Crippen LogP) is 3.93. The van der Waals surface area contributed by atoms with E-state index in [4.69, 9.17) is 19.4 Å². The lowest BCUT2D eigenvalue weighted by Crippen LogP contribution is -2.13. The van der Waals surface area contributed by atoms with Crippen LogP contribution in [0.15, 0.2) is 88.2 Å². The number of hydrogen-bond donors (Lipinski definition) is 2. The van der Waals surface area contributed by atoms with Gasteiger partial charge in [0.25, 0.3) is 0 Å². The number of carboxylic acids is 1. The highest BCUT2D eigenvalue weighted by Gasteiger charge is 2.23. The molecule has 0 aliphatic carbocycles. The Kier molecular flexibility index (Phi) is 5.76. The Balaban J connectivity index is 1.72. The fourth-order valence-corrected chi connectivity index (χ4v) is 3.88. The number of sulfonamides is 1. The number of nitrogens with two attached hydrogens (primary N) is 1. The van der Waals surface area contributed by atoms with Gasteiger partial charge in [-0.3, -0.25) is 0 Å². The van der Waals surface area contributed by atoms with Gasteiger partial charge in [0.05, 0.1) is 10.5 Å². The molecule has 0 saturated carbocycles. The second-order valence-electron chi connectivity index (χ2n) is 6.81. The van der Waals surface area contributed by atoms with Crippen LogP contribution >= 0.6 is 0 Å². The molecule has 0 aliphatic rings. The van der Waals surface area contributed by atoms with Crippen LogP contribution in [0.1, 0.15) is 16.2 Å². The fourth-order valence-electron chi connectivity index (χ4n) is 3.14. The summed E-state index contributed by atoms with van der Waals surface area (Å²) in [7, 11) is -4.00. The van der Waals surface area contributed by atoms with Gasteiger partial charge in [0.2, 0.25) is 15.9 Å². The summed E-state index contributed by atoms with van der Waals surface area (Å²) in [5.41, 5.74) is 1.61. The van der Waals surface area contributed by atoms with E-state index in [1.807, 2.05) is 30.3 Å². The number of benzene rings is 3. The van der Waals surface area contributed by atoms with Crippen molar-refractivity contribution in [2.75, 3.05) is 0 Å². The van der Waals surface area contributed by atoms with Crippen LogP contribution in [-0.4, -0.2) is 24.5 Å². The lowest BCUT2D eigenvalue weighted by molar-refractivity contribution is 0.0696. The number of hydrogen-bond acceptors (Lipinski definition) is 6. The van der Waals surface area contributed by atoms with Crippen molar-refractivity contribution in [3.8, 4) is 28.3 Å². The number of primary sulfonamides is 1. The fraction of sp³-hybridized carbons (Fsp3) is 0.0435. The van der Waals surface area contributed by atoms with E-state index in [1.54, 1.807) is 18.2 Å². The third-order valence-electron chi connectivity index (χ3n) is 4.62. The monoisotopic (exact) mass is 450 g/mol. The largest absolute Gasteiger partial charge is 0.484 e. The molecule has 0 aliphatic heterocycles.